The Morgan fingerprint density at radius 3 is 2.81 bits per heavy atom. The van der Waals surface area contributed by atoms with Crippen molar-refractivity contribution in [3.05, 3.63) is 39.9 Å². The standard InChI is InChI=1S/C18H25BrN2/c1-21-13-17(19)18(20)16-9-5-8-15(12-16)11-10-14-6-3-2-4-7-14/h5,8-9,12-14H,2-4,6-7,10-11,20H2,1H3. The number of nitrogens with two attached hydrogens (primary N) is 1. The zero-order valence-corrected chi connectivity index (χ0v) is 14.4. The third kappa shape index (κ3) is 4.99. The molecular weight excluding hydrogens is 324 g/mol. The first kappa shape index (κ1) is 16.3. The fourth-order valence-electron chi connectivity index (χ4n) is 3.06. The Morgan fingerprint density at radius 2 is 2.10 bits per heavy atom. The molecule has 2 rings (SSSR count). The number of hydrogen-bond acceptors (Lipinski definition) is 2. The third-order valence-corrected chi connectivity index (χ3v) is 4.94. The van der Waals surface area contributed by atoms with E-state index >= 15 is 0 Å². The highest BCUT2D eigenvalue weighted by molar-refractivity contribution is 9.12. The van der Waals surface area contributed by atoms with E-state index in [1.54, 1.807) is 13.3 Å². The molecule has 0 atom stereocenters. The zero-order valence-electron chi connectivity index (χ0n) is 12.8. The van der Waals surface area contributed by atoms with Gasteiger partial charge in [-0.2, -0.15) is 0 Å². The fraction of sp³-hybridized carbons (Fsp3) is 0.500. The highest BCUT2D eigenvalue weighted by Gasteiger charge is 2.13. The summed E-state index contributed by atoms with van der Waals surface area (Å²) in [7, 11) is 1.75. The van der Waals surface area contributed by atoms with Crippen LogP contribution in [-0.2, 0) is 6.42 Å². The molecular formula is C18H25BrN2. The lowest BCUT2D eigenvalue weighted by molar-refractivity contribution is 0.339. The molecule has 2 nitrogen and oxygen atoms in total. The second-order valence-electron chi connectivity index (χ2n) is 5.89. The number of halogens is 1. The Morgan fingerprint density at radius 1 is 1.33 bits per heavy atom. The summed E-state index contributed by atoms with van der Waals surface area (Å²) in [5, 5.41) is 0. The highest BCUT2D eigenvalue weighted by Crippen LogP contribution is 2.28. The Hall–Kier alpha value is -1.09. The maximum Gasteiger partial charge on any atom is 0.0589 e. The summed E-state index contributed by atoms with van der Waals surface area (Å²) >= 11 is 3.47. The van der Waals surface area contributed by atoms with E-state index in [0.717, 1.165) is 28.1 Å². The monoisotopic (exact) mass is 348 g/mol. The van der Waals surface area contributed by atoms with Crippen LogP contribution in [0.25, 0.3) is 5.70 Å². The molecule has 3 heteroatoms. The lowest BCUT2D eigenvalue weighted by atomic mass is 9.85. The van der Waals surface area contributed by atoms with Gasteiger partial charge in [-0.3, -0.25) is 4.99 Å². The molecule has 0 amide bonds. The number of benzene rings is 1. The van der Waals surface area contributed by atoms with Gasteiger partial charge in [-0.05, 0) is 51.9 Å². The van der Waals surface area contributed by atoms with Crippen LogP contribution in [-0.4, -0.2) is 13.3 Å². The SMILES string of the molecule is CN=CC(Br)=C(N)c1cccc(CCC2CCCCC2)c1. The Kier molecular flexibility index (Phi) is 6.50. The summed E-state index contributed by atoms with van der Waals surface area (Å²) in [5.41, 5.74) is 9.38. The summed E-state index contributed by atoms with van der Waals surface area (Å²) in [5.74, 6) is 0.925. The van der Waals surface area contributed by atoms with Crippen molar-refractivity contribution < 1.29 is 0 Å². The lowest BCUT2D eigenvalue weighted by Crippen LogP contribution is -2.07. The molecule has 114 valence electrons. The van der Waals surface area contributed by atoms with Crippen molar-refractivity contribution in [3.63, 3.8) is 0 Å². The van der Waals surface area contributed by atoms with Crippen molar-refractivity contribution in [1.82, 2.24) is 0 Å². The average Bonchev–Trinajstić information content (AvgIpc) is 2.54. The predicted molar refractivity (Wildman–Crippen MR) is 95.8 cm³/mol. The first-order chi connectivity index (χ1) is 10.2. The molecule has 0 bridgehead atoms. The Balaban J connectivity index is 2.02. The Bertz CT molecular complexity index is 514. The van der Waals surface area contributed by atoms with E-state index < -0.39 is 0 Å². The van der Waals surface area contributed by atoms with E-state index in [1.807, 2.05) is 0 Å². The van der Waals surface area contributed by atoms with E-state index in [-0.39, 0.29) is 0 Å². The van der Waals surface area contributed by atoms with Crippen LogP contribution in [0.4, 0.5) is 0 Å². The van der Waals surface area contributed by atoms with Gasteiger partial charge in [0, 0.05) is 13.3 Å². The van der Waals surface area contributed by atoms with Crippen LogP contribution < -0.4 is 5.73 Å². The first-order valence-corrected chi connectivity index (χ1v) is 8.66. The minimum absolute atomic E-state index is 0.750. The molecule has 0 saturated heterocycles. The minimum atomic E-state index is 0.750. The van der Waals surface area contributed by atoms with Crippen molar-refractivity contribution >= 4 is 27.8 Å². The summed E-state index contributed by atoms with van der Waals surface area (Å²) in [6, 6.07) is 8.58. The molecule has 1 saturated carbocycles. The van der Waals surface area contributed by atoms with Gasteiger partial charge in [0.2, 0.25) is 0 Å². The van der Waals surface area contributed by atoms with Crippen molar-refractivity contribution in [1.29, 1.82) is 0 Å². The smallest absolute Gasteiger partial charge is 0.0589 e. The molecule has 0 unspecified atom stereocenters. The van der Waals surface area contributed by atoms with Gasteiger partial charge in [0.1, 0.15) is 0 Å². The van der Waals surface area contributed by atoms with Crippen LogP contribution in [0.1, 0.15) is 49.7 Å². The predicted octanol–water partition coefficient (Wildman–Crippen LogP) is 4.92. The van der Waals surface area contributed by atoms with Gasteiger partial charge in [-0.1, -0.05) is 50.3 Å². The topological polar surface area (TPSA) is 38.4 Å². The van der Waals surface area contributed by atoms with Gasteiger partial charge < -0.3 is 5.73 Å². The van der Waals surface area contributed by atoms with Crippen molar-refractivity contribution in [2.24, 2.45) is 16.6 Å². The van der Waals surface area contributed by atoms with Crippen molar-refractivity contribution in [2.75, 3.05) is 7.05 Å². The second kappa shape index (κ2) is 8.38. The number of hydrogen-bond donors (Lipinski definition) is 1. The maximum atomic E-state index is 6.17. The number of rotatable bonds is 5. The quantitative estimate of drug-likeness (QED) is 0.753. The van der Waals surface area contributed by atoms with E-state index in [4.69, 9.17) is 5.73 Å². The van der Waals surface area contributed by atoms with Crippen LogP contribution >= 0.6 is 15.9 Å². The van der Waals surface area contributed by atoms with Crippen molar-refractivity contribution in [2.45, 2.75) is 44.9 Å². The molecule has 1 aromatic rings. The number of aryl methyl sites for hydroxylation is 1. The lowest BCUT2D eigenvalue weighted by Gasteiger charge is -2.21. The third-order valence-electron chi connectivity index (χ3n) is 4.30. The van der Waals surface area contributed by atoms with Gasteiger partial charge in [-0.15, -0.1) is 0 Å². The molecule has 1 aliphatic carbocycles. The molecule has 1 fully saturated rings. The van der Waals surface area contributed by atoms with Crippen LogP contribution in [0, 0.1) is 5.92 Å². The van der Waals surface area contributed by atoms with Gasteiger partial charge in [0.15, 0.2) is 0 Å². The van der Waals surface area contributed by atoms with Crippen LogP contribution in [0.2, 0.25) is 0 Å². The number of allylic oxidation sites excluding steroid dienone is 1. The average molecular weight is 349 g/mol. The molecule has 0 radical (unpaired) electrons. The zero-order chi connectivity index (χ0) is 15.1. The second-order valence-corrected chi connectivity index (χ2v) is 6.75. The molecule has 0 aliphatic heterocycles. The highest BCUT2D eigenvalue weighted by atomic mass is 79.9. The summed E-state index contributed by atoms with van der Waals surface area (Å²) in [6.07, 6.45) is 11.3. The van der Waals surface area contributed by atoms with E-state index in [9.17, 15) is 0 Å². The summed E-state index contributed by atoms with van der Waals surface area (Å²) in [4.78, 5) is 3.99. The molecule has 0 spiro atoms. The first-order valence-electron chi connectivity index (χ1n) is 7.87. The molecule has 1 aliphatic rings. The van der Waals surface area contributed by atoms with Crippen molar-refractivity contribution in [3.8, 4) is 0 Å². The number of aliphatic imine (C=N–C) groups is 1. The van der Waals surface area contributed by atoms with E-state index in [0.29, 0.717) is 0 Å². The Labute approximate surface area is 136 Å². The molecule has 2 N–H and O–H groups in total. The molecule has 21 heavy (non-hydrogen) atoms. The molecule has 1 aromatic carbocycles. The van der Waals surface area contributed by atoms with Gasteiger partial charge in [0.25, 0.3) is 0 Å². The fourth-order valence-corrected chi connectivity index (χ4v) is 3.50. The maximum absolute atomic E-state index is 6.17. The van der Waals surface area contributed by atoms with E-state index in [1.165, 1.54) is 44.1 Å². The van der Waals surface area contributed by atoms with Crippen LogP contribution in [0.15, 0.2) is 33.7 Å². The van der Waals surface area contributed by atoms with Crippen LogP contribution in [0.3, 0.4) is 0 Å². The number of nitrogens with zero attached hydrogens (tertiary/aromatic N) is 1. The van der Waals surface area contributed by atoms with E-state index in [2.05, 4.69) is 45.2 Å². The largest absolute Gasteiger partial charge is 0.397 e. The van der Waals surface area contributed by atoms with Gasteiger partial charge >= 0.3 is 0 Å². The molecule has 0 heterocycles. The normalized spacial score (nSPS) is 18.0. The van der Waals surface area contributed by atoms with Gasteiger partial charge in [0.05, 0.1) is 10.2 Å². The summed E-state index contributed by atoms with van der Waals surface area (Å²) < 4.78 is 0.842. The van der Waals surface area contributed by atoms with Crippen LogP contribution in [0.5, 0.6) is 0 Å². The molecule has 0 aromatic heterocycles. The summed E-state index contributed by atoms with van der Waals surface area (Å²) in [6.45, 7) is 0. The van der Waals surface area contributed by atoms with Gasteiger partial charge in [-0.25, -0.2) is 0 Å². The minimum Gasteiger partial charge on any atom is -0.397 e.